The first-order valence-electron chi connectivity index (χ1n) is 12.0. The zero-order valence-corrected chi connectivity index (χ0v) is 22.5. The van der Waals surface area contributed by atoms with E-state index in [-0.39, 0.29) is 21.3 Å². The van der Waals surface area contributed by atoms with Crippen LogP contribution in [0.5, 0.6) is 11.5 Å². The van der Waals surface area contributed by atoms with Gasteiger partial charge in [0.1, 0.15) is 21.3 Å². The molecule has 8 nitrogen and oxygen atoms in total. The largest absolute Gasteiger partial charge is 0.491 e. The fourth-order valence-electron chi connectivity index (χ4n) is 5.64. The molecular weight excluding hydrogens is 535 g/mol. The van der Waals surface area contributed by atoms with Crippen molar-refractivity contribution in [2.45, 2.75) is 48.8 Å². The van der Waals surface area contributed by atoms with Gasteiger partial charge in [-0.15, -0.1) is 0 Å². The zero-order chi connectivity index (χ0) is 26.1. The molecule has 0 fully saturated rings. The van der Waals surface area contributed by atoms with E-state index < -0.39 is 28.2 Å². The number of hydrogen-bond acceptors (Lipinski definition) is 6. The SMILES string of the molecule is Cc1cc(P(c2cc3c(c(S(=O)(=O)O)c2)OCC3)c2cc3c(c(S(=O)(=O)O)c2)OCC3)cc2c1CCC2. The van der Waals surface area contributed by atoms with Crippen molar-refractivity contribution < 1.29 is 35.4 Å². The Balaban J connectivity index is 1.65. The average molecular weight is 561 g/mol. The second-order valence-corrected chi connectivity index (χ2v) is 14.6. The second-order valence-electron chi connectivity index (χ2n) is 9.60. The molecule has 2 N–H and O–H groups in total. The maximum atomic E-state index is 12.3. The molecule has 0 saturated carbocycles. The number of aryl methyl sites for hydroxylation is 2. The quantitative estimate of drug-likeness (QED) is 0.360. The van der Waals surface area contributed by atoms with E-state index >= 15 is 0 Å². The van der Waals surface area contributed by atoms with E-state index in [2.05, 4.69) is 19.1 Å². The molecule has 3 aliphatic rings. The molecule has 0 unspecified atom stereocenters. The lowest BCUT2D eigenvalue weighted by molar-refractivity contribution is 0.346. The predicted octanol–water partition coefficient (Wildman–Crippen LogP) is 2.61. The zero-order valence-electron chi connectivity index (χ0n) is 20.0. The van der Waals surface area contributed by atoms with Crippen molar-refractivity contribution >= 4 is 44.1 Å². The van der Waals surface area contributed by atoms with Crippen molar-refractivity contribution in [1.82, 2.24) is 0 Å². The Hall–Kier alpha value is -2.49. The van der Waals surface area contributed by atoms with Crippen LogP contribution >= 0.6 is 7.92 Å². The van der Waals surface area contributed by atoms with Crippen LogP contribution in [0, 0.1) is 6.92 Å². The smallest absolute Gasteiger partial charge is 0.298 e. The maximum absolute atomic E-state index is 12.3. The summed E-state index contributed by atoms with van der Waals surface area (Å²) < 4.78 is 80.5. The standard InChI is InChI=1S/C26H25O8PS2/c1-15-9-19(10-16-3-2-4-22(15)16)35(20-11-17-5-7-33-25(17)23(13-20)36(27,28)29)21-12-18-6-8-34-26(18)24(14-21)37(30,31)32/h9-14H,2-8H2,1H3,(H,27,28,29)(H,30,31,32). The van der Waals surface area contributed by atoms with Crippen LogP contribution in [0.4, 0.5) is 0 Å². The van der Waals surface area contributed by atoms with Crippen LogP contribution in [0.15, 0.2) is 46.2 Å². The van der Waals surface area contributed by atoms with Crippen molar-refractivity contribution in [3.63, 3.8) is 0 Å². The van der Waals surface area contributed by atoms with Crippen LogP contribution in [-0.2, 0) is 45.9 Å². The summed E-state index contributed by atoms with van der Waals surface area (Å²) in [5, 5.41) is 2.22. The van der Waals surface area contributed by atoms with Crippen molar-refractivity contribution in [2.24, 2.45) is 0 Å². The monoisotopic (exact) mass is 560 g/mol. The number of benzene rings is 3. The van der Waals surface area contributed by atoms with Gasteiger partial charge in [-0.3, -0.25) is 9.11 Å². The highest BCUT2D eigenvalue weighted by molar-refractivity contribution is 7.86. The molecule has 0 saturated heterocycles. The molecule has 3 aromatic carbocycles. The molecule has 6 rings (SSSR count). The lowest BCUT2D eigenvalue weighted by Gasteiger charge is -2.23. The third kappa shape index (κ3) is 4.34. The summed E-state index contributed by atoms with van der Waals surface area (Å²) in [5.74, 6) is 0.319. The predicted molar refractivity (Wildman–Crippen MR) is 140 cm³/mol. The van der Waals surface area contributed by atoms with E-state index in [0.717, 1.165) is 30.1 Å². The molecule has 0 radical (unpaired) electrons. The minimum Gasteiger partial charge on any atom is -0.491 e. The normalized spacial score (nSPS) is 16.3. The first kappa shape index (κ1) is 24.8. The Morgan fingerprint density at radius 1 is 0.676 bits per heavy atom. The number of hydrogen-bond donors (Lipinski definition) is 2. The van der Waals surface area contributed by atoms with E-state index in [1.54, 1.807) is 0 Å². The fourth-order valence-corrected chi connectivity index (χ4v) is 9.80. The topological polar surface area (TPSA) is 127 Å². The first-order valence-corrected chi connectivity index (χ1v) is 16.2. The van der Waals surface area contributed by atoms with Gasteiger partial charge in [-0.05, 0) is 102 Å². The van der Waals surface area contributed by atoms with Gasteiger partial charge in [-0.2, -0.15) is 16.8 Å². The van der Waals surface area contributed by atoms with E-state index in [0.29, 0.717) is 47.8 Å². The lowest BCUT2D eigenvalue weighted by atomic mass is 10.1. The number of ether oxygens (including phenoxy) is 2. The van der Waals surface area contributed by atoms with Crippen LogP contribution in [0.1, 0.15) is 34.2 Å². The van der Waals surface area contributed by atoms with Gasteiger partial charge in [0, 0.05) is 12.8 Å². The Kier molecular flexibility index (Phi) is 5.89. The molecule has 2 heterocycles. The van der Waals surface area contributed by atoms with Crippen LogP contribution in [0.25, 0.3) is 0 Å². The van der Waals surface area contributed by atoms with Crippen molar-refractivity contribution in [3.05, 3.63) is 64.2 Å². The maximum Gasteiger partial charge on any atom is 0.298 e. The van der Waals surface area contributed by atoms with E-state index in [9.17, 15) is 25.9 Å². The summed E-state index contributed by atoms with van der Waals surface area (Å²) in [6.07, 6.45) is 3.99. The van der Waals surface area contributed by atoms with Crippen molar-refractivity contribution in [1.29, 1.82) is 0 Å². The highest BCUT2D eigenvalue weighted by Crippen LogP contribution is 2.43. The molecule has 11 heteroatoms. The van der Waals surface area contributed by atoms with Gasteiger partial charge >= 0.3 is 0 Å². The summed E-state index contributed by atoms with van der Waals surface area (Å²) in [4.78, 5) is -0.579. The molecule has 2 aliphatic heterocycles. The van der Waals surface area contributed by atoms with Crippen LogP contribution in [-0.4, -0.2) is 39.2 Å². The fraction of sp³-hybridized carbons (Fsp3) is 0.308. The second kappa shape index (κ2) is 8.78. The minimum absolute atomic E-state index is 0.160. The Morgan fingerprint density at radius 3 is 1.68 bits per heavy atom. The van der Waals surface area contributed by atoms with Crippen LogP contribution < -0.4 is 25.4 Å². The molecule has 194 valence electrons. The Morgan fingerprint density at radius 2 is 1.16 bits per heavy atom. The lowest BCUT2D eigenvalue weighted by Crippen LogP contribution is -2.24. The van der Waals surface area contributed by atoms with Gasteiger partial charge in [0.25, 0.3) is 20.2 Å². The first-order chi connectivity index (χ1) is 17.5. The molecule has 0 spiro atoms. The number of rotatable bonds is 5. The molecule has 3 aromatic rings. The Labute approximate surface area is 216 Å². The number of fused-ring (bicyclic) bond motifs is 3. The summed E-state index contributed by atoms with van der Waals surface area (Å²) in [5.41, 5.74) is 5.05. The van der Waals surface area contributed by atoms with Gasteiger partial charge < -0.3 is 9.47 Å². The summed E-state index contributed by atoms with van der Waals surface area (Å²) in [6.45, 7) is 2.67. The van der Waals surface area contributed by atoms with E-state index in [4.69, 9.17) is 9.47 Å². The molecule has 1 aliphatic carbocycles. The van der Waals surface area contributed by atoms with Crippen molar-refractivity contribution in [2.75, 3.05) is 13.2 Å². The molecule has 0 aromatic heterocycles. The molecule has 0 amide bonds. The van der Waals surface area contributed by atoms with Gasteiger partial charge in [0.15, 0.2) is 0 Å². The van der Waals surface area contributed by atoms with Gasteiger partial charge in [0.05, 0.1) is 13.2 Å². The van der Waals surface area contributed by atoms with Crippen LogP contribution in [0.2, 0.25) is 0 Å². The highest BCUT2D eigenvalue weighted by atomic mass is 32.2. The molecule has 0 bridgehead atoms. The van der Waals surface area contributed by atoms with Crippen molar-refractivity contribution in [3.8, 4) is 11.5 Å². The average Bonchev–Trinajstić information content (AvgIpc) is 3.57. The van der Waals surface area contributed by atoms with E-state index in [1.807, 2.05) is 12.1 Å². The molecule has 0 atom stereocenters. The van der Waals surface area contributed by atoms with Gasteiger partial charge in [-0.1, -0.05) is 12.1 Å². The van der Waals surface area contributed by atoms with E-state index in [1.165, 1.54) is 23.3 Å². The third-order valence-electron chi connectivity index (χ3n) is 7.22. The van der Waals surface area contributed by atoms with Gasteiger partial charge in [-0.25, -0.2) is 0 Å². The summed E-state index contributed by atoms with van der Waals surface area (Å²) in [6, 6.07) is 10.9. The third-order valence-corrected chi connectivity index (χ3v) is 11.3. The van der Waals surface area contributed by atoms with Crippen LogP contribution in [0.3, 0.4) is 0 Å². The molecular formula is C26H25O8PS2. The Bertz CT molecular complexity index is 1590. The summed E-state index contributed by atoms with van der Waals surface area (Å²) >= 11 is 0. The van der Waals surface area contributed by atoms with Gasteiger partial charge in [0.2, 0.25) is 0 Å². The molecule has 37 heavy (non-hydrogen) atoms. The summed E-state index contributed by atoms with van der Waals surface area (Å²) in [7, 11) is -10.6. The minimum atomic E-state index is -4.58. The highest BCUT2D eigenvalue weighted by Gasteiger charge is 2.32.